The topological polar surface area (TPSA) is 99.1 Å². The van der Waals surface area contributed by atoms with Crippen LogP contribution in [0, 0.1) is 0 Å². The molecule has 0 unspecified atom stereocenters. The van der Waals surface area contributed by atoms with Gasteiger partial charge in [0.15, 0.2) is 5.78 Å². The van der Waals surface area contributed by atoms with E-state index in [9.17, 15) is 14.4 Å². The molecule has 0 aliphatic carbocycles. The summed E-state index contributed by atoms with van der Waals surface area (Å²) in [5.74, 6) is -1.63. The number of hydrogen-bond donors (Lipinski definition) is 1. The van der Waals surface area contributed by atoms with E-state index >= 15 is 0 Å². The van der Waals surface area contributed by atoms with Crippen LogP contribution in [0.1, 0.15) is 39.6 Å². The molecule has 0 saturated carbocycles. The van der Waals surface area contributed by atoms with Crippen molar-refractivity contribution in [1.82, 2.24) is 0 Å². The van der Waals surface area contributed by atoms with Crippen LogP contribution in [0.3, 0.4) is 0 Å². The third kappa shape index (κ3) is 4.42. The SMILES string of the molecule is CCCOC(=O)Oc1ccccc1C(=O)c1ccccc1C(=O)OO. The predicted molar refractivity (Wildman–Crippen MR) is 86.6 cm³/mol. The Morgan fingerprint density at radius 1 is 0.920 bits per heavy atom. The predicted octanol–water partition coefficient (Wildman–Crippen LogP) is 3.47. The van der Waals surface area contributed by atoms with Crippen LogP contribution in [0.5, 0.6) is 5.75 Å². The van der Waals surface area contributed by atoms with E-state index in [-0.39, 0.29) is 29.0 Å². The molecule has 0 bridgehead atoms. The molecule has 0 amide bonds. The fraction of sp³-hybridized carbons (Fsp3) is 0.167. The Balaban J connectivity index is 2.35. The first-order valence-electron chi connectivity index (χ1n) is 7.51. The molecule has 2 aromatic carbocycles. The van der Waals surface area contributed by atoms with Crippen LogP contribution in [0.4, 0.5) is 4.79 Å². The molecule has 0 heterocycles. The van der Waals surface area contributed by atoms with Gasteiger partial charge in [-0.25, -0.2) is 9.59 Å². The molecule has 130 valence electrons. The van der Waals surface area contributed by atoms with Gasteiger partial charge in [0.2, 0.25) is 0 Å². The molecule has 0 aliphatic heterocycles. The molecule has 7 nitrogen and oxygen atoms in total. The summed E-state index contributed by atoms with van der Waals surface area (Å²) in [5.41, 5.74) is -0.0490. The second-order valence-corrected chi connectivity index (χ2v) is 4.95. The number of hydrogen-bond acceptors (Lipinski definition) is 7. The Morgan fingerprint density at radius 3 is 2.16 bits per heavy atom. The van der Waals surface area contributed by atoms with Crippen LogP contribution >= 0.6 is 0 Å². The first-order valence-corrected chi connectivity index (χ1v) is 7.51. The van der Waals surface area contributed by atoms with Gasteiger partial charge in [-0.2, -0.15) is 5.26 Å². The number of rotatable bonds is 6. The quantitative estimate of drug-likeness (QED) is 0.281. The van der Waals surface area contributed by atoms with E-state index in [2.05, 4.69) is 4.89 Å². The van der Waals surface area contributed by atoms with Crippen molar-refractivity contribution in [3.05, 3.63) is 65.2 Å². The fourth-order valence-corrected chi connectivity index (χ4v) is 2.10. The van der Waals surface area contributed by atoms with E-state index in [0.717, 1.165) is 0 Å². The molecule has 25 heavy (non-hydrogen) atoms. The van der Waals surface area contributed by atoms with Crippen LogP contribution < -0.4 is 4.74 Å². The molecule has 0 aliphatic rings. The summed E-state index contributed by atoms with van der Waals surface area (Å²) in [4.78, 5) is 39.8. The second-order valence-electron chi connectivity index (χ2n) is 4.95. The van der Waals surface area contributed by atoms with Crippen molar-refractivity contribution in [1.29, 1.82) is 0 Å². The molecule has 0 aromatic heterocycles. The summed E-state index contributed by atoms with van der Waals surface area (Å²) in [6, 6.07) is 11.9. The maximum absolute atomic E-state index is 12.8. The minimum Gasteiger partial charge on any atom is -0.434 e. The maximum Gasteiger partial charge on any atom is 0.513 e. The molecule has 2 aromatic rings. The van der Waals surface area contributed by atoms with Gasteiger partial charge in [0.25, 0.3) is 0 Å². The van der Waals surface area contributed by atoms with Crippen LogP contribution in [-0.2, 0) is 9.62 Å². The van der Waals surface area contributed by atoms with Gasteiger partial charge in [0.05, 0.1) is 17.7 Å². The molecule has 0 fully saturated rings. The minimum absolute atomic E-state index is 0.000439. The Bertz CT molecular complexity index is 782. The molecule has 0 spiro atoms. The average molecular weight is 344 g/mol. The molecular weight excluding hydrogens is 328 g/mol. The van der Waals surface area contributed by atoms with Crippen molar-refractivity contribution in [2.24, 2.45) is 0 Å². The lowest BCUT2D eigenvalue weighted by atomic mass is 9.98. The summed E-state index contributed by atoms with van der Waals surface area (Å²) in [6.07, 6.45) is -0.295. The Labute approximate surface area is 143 Å². The number of benzene rings is 2. The van der Waals surface area contributed by atoms with Gasteiger partial charge in [-0.05, 0) is 24.6 Å². The van der Waals surface area contributed by atoms with E-state index in [1.165, 1.54) is 30.3 Å². The zero-order valence-electron chi connectivity index (χ0n) is 13.4. The van der Waals surface area contributed by atoms with Crippen molar-refractivity contribution in [2.45, 2.75) is 13.3 Å². The highest BCUT2D eigenvalue weighted by Gasteiger charge is 2.22. The lowest BCUT2D eigenvalue weighted by Gasteiger charge is -2.11. The Kier molecular flexibility index (Phi) is 6.25. The highest BCUT2D eigenvalue weighted by molar-refractivity contribution is 6.15. The van der Waals surface area contributed by atoms with E-state index in [0.29, 0.717) is 6.42 Å². The van der Waals surface area contributed by atoms with Crippen molar-refractivity contribution in [2.75, 3.05) is 6.61 Å². The van der Waals surface area contributed by atoms with Crippen molar-refractivity contribution in [3.8, 4) is 5.75 Å². The zero-order valence-corrected chi connectivity index (χ0v) is 13.4. The Morgan fingerprint density at radius 2 is 1.52 bits per heavy atom. The molecule has 0 saturated heterocycles. The molecule has 0 atom stereocenters. The summed E-state index contributed by atoms with van der Waals surface area (Å²) in [7, 11) is 0. The van der Waals surface area contributed by atoms with Crippen molar-refractivity contribution >= 4 is 17.9 Å². The van der Waals surface area contributed by atoms with Crippen LogP contribution in [0.15, 0.2) is 48.5 Å². The molecular formula is C18H16O7. The van der Waals surface area contributed by atoms with Gasteiger partial charge in [0, 0.05) is 5.56 Å². The molecule has 1 N–H and O–H groups in total. The summed E-state index contributed by atoms with van der Waals surface area (Å²) in [6.45, 7) is 2.03. The number of carbonyl (C=O) groups excluding carboxylic acids is 3. The number of carbonyl (C=O) groups is 3. The third-order valence-electron chi connectivity index (χ3n) is 3.22. The van der Waals surface area contributed by atoms with Crippen LogP contribution in [0.25, 0.3) is 0 Å². The van der Waals surface area contributed by atoms with Gasteiger partial charge in [-0.3, -0.25) is 9.68 Å². The standard InChI is InChI=1S/C18H16O7/c1-2-11-23-18(21)24-15-10-6-5-9-14(15)16(19)12-7-3-4-8-13(12)17(20)25-22/h3-10,22H,2,11H2,1H3. The number of ketones is 1. The highest BCUT2D eigenvalue weighted by Crippen LogP contribution is 2.24. The monoisotopic (exact) mass is 344 g/mol. The second kappa shape index (κ2) is 8.60. The molecule has 2 rings (SSSR count). The van der Waals surface area contributed by atoms with Crippen LogP contribution in [-0.4, -0.2) is 29.8 Å². The van der Waals surface area contributed by atoms with Crippen molar-refractivity contribution < 1.29 is 34.0 Å². The number of ether oxygens (including phenoxy) is 2. The van der Waals surface area contributed by atoms with Crippen LogP contribution in [0.2, 0.25) is 0 Å². The molecule has 0 radical (unpaired) electrons. The summed E-state index contributed by atoms with van der Waals surface area (Å²) < 4.78 is 9.90. The van der Waals surface area contributed by atoms with E-state index in [1.807, 2.05) is 6.92 Å². The average Bonchev–Trinajstić information content (AvgIpc) is 2.65. The summed E-state index contributed by atoms with van der Waals surface area (Å²) in [5, 5.41) is 8.57. The first-order chi connectivity index (χ1) is 12.1. The fourth-order valence-electron chi connectivity index (χ4n) is 2.10. The minimum atomic E-state index is -1.07. The van der Waals surface area contributed by atoms with Gasteiger partial charge in [-0.1, -0.05) is 37.3 Å². The highest BCUT2D eigenvalue weighted by atomic mass is 17.1. The maximum atomic E-state index is 12.8. The van der Waals surface area contributed by atoms with E-state index < -0.39 is 17.9 Å². The van der Waals surface area contributed by atoms with Gasteiger partial charge in [0.1, 0.15) is 5.75 Å². The molecule has 7 heteroatoms. The number of para-hydroxylation sites is 1. The van der Waals surface area contributed by atoms with E-state index in [1.54, 1.807) is 18.2 Å². The van der Waals surface area contributed by atoms with Gasteiger partial charge < -0.3 is 9.47 Å². The van der Waals surface area contributed by atoms with E-state index in [4.69, 9.17) is 14.7 Å². The zero-order chi connectivity index (χ0) is 18.2. The van der Waals surface area contributed by atoms with Crippen molar-refractivity contribution in [3.63, 3.8) is 0 Å². The first kappa shape index (κ1) is 18.2. The normalized spacial score (nSPS) is 10.0. The Hall–Kier alpha value is -3.19. The largest absolute Gasteiger partial charge is 0.513 e. The van der Waals surface area contributed by atoms with Gasteiger partial charge in [-0.15, -0.1) is 0 Å². The smallest absolute Gasteiger partial charge is 0.434 e. The summed E-state index contributed by atoms with van der Waals surface area (Å²) >= 11 is 0. The third-order valence-corrected chi connectivity index (χ3v) is 3.22. The lowest BCUT2D eigenvalue weighted by Crippen LogP contribution is -2.15. The van der Waals surface area contributed by atoms with Gasteiger partial charge >= 0.3 is 12.1 Å². The lowest BCUT2D eigenvalue weighted by molar-refractivity contribution is -0.182.